The lowest BCUT2D eigenvalue weighted by molar-refractivity contribution is 1.16. The van der Waals surface area contributed by atoms with Crippen molar-refractivity contribution in [2.24, 2.45) is 0 Å². The third-order valence-electron chi connectivity index (χ3n) is 1.72. The Balaban J connectivity index is 0.000000671. The Hall–Kier alpha value is -0.960. The summed E-state index contributed by atoms with van der Waals surface area (Å²) in [6.07, 6.45) is 0. The van der Waals surface area contributed by atoms with Gasteiger partial charge in [-0.2, -0.15) is 0 Å². The van der Waals surface area contributed by atoms with Crippen LogP contribution in [-0.4, -0.2) is 4.98 Å². The molecule has 0 spiro atoms. The summed E-state index contributed by atoms with van der Waals surface area (Å²) in [6, 6.07) is 0. The van der Waals surface area contributed by atoms with Gasteiger partial charge in [-0.25, -0.2) is 4.98 Å². The number of anilines is 2. The summed E-state index contributed by atoms with van der Waals surface area (Å²) in [4.78, 5) is 3.99. The molecule has 0 bridgehead atoms. The smallest absolute Gasteiger partial charge is 0.154 e. The maximum atomic E-state index is 5.68. The van der Waals surface area contributed by atoms with Gasteiger partial charge >= 0.3 is 0 Å². The lowest BCUT2D eigenvalue weighted by Gasteiger charge is -2.07. The van der Waals surface area contributed by atoms with Crippen molar-refractivity contribution in [1.82, 2.24) is 4.98 Å². The summed E-state index contributed by atoms with van der Waals surface area (Å²) in [5.41, 5.74) is 13.8. The molecule has 74 valence electrons. The second-order valence-corrected chi connectivity index (χ2v) is 2.80. The Labute approximate surface area is 84.1 Å². The number of hydrogen-bond acceptors (Lipinski definition) is 3. The van der Waals surface area contributed by atoms with Crippen molar-refractivity contribution >= 4 is 23.0 Å². The Bertz CT molecular complexity index is 271. The number of halogens is 1. The fourth-order valence-electron chi connectivity index (χ4n) is 0.799. The largest absolute Gasteiger partial charge is 0.397 e. The van der Waals surface area contributed by atoms with Gasteiger partial charge in [0.25, 0.3) is 0 Å². The molecule has 4 N–H and O–H groups in total. The monoisotopic (exact) mass is 201 g/mol. The maximum Gasteiger partial charge on any atom is 0.154 e. The van der Waals surface area contributed by atoms with Gasteiger partial charge in [0.15, 0.2) is 5.15 Å². The van der Waals surface area contributed by atoms with Crippen molar-refractivity contribution in [2.45, 2.75) is 27.7 Å². The first-order chi connectivity index (χ1) is 6.04. The maximum absolute atomic E-state index is 5.68. The molecule has 4 heteroatoms. The Morgan fingerprint density at radius 3 is 2.00 bits per heavy atom. The SMILES string of the molecule is CC.Cc1nc(Cl)c(N)c(N)c1C. The molecule has 0 aliphatic carbocycles. The van der Waals surface area contributed by atoms with Crippen LogP contribution in [0.15, 0.2) is 0 Å². The molecule has 3 nitrogen and oxygen atoms in total. The van der Waals surface area contributed by atoms with Crippen LogP contribution in [0.25, 0.3) is 0 Å². The predicted octanol–water partition coefficient (Wildman–Crippen LogP) is 2.54. The van der Waals surface area contributed by atoms with E-state index in [1.807, 2.05) is 27.7 Å². The fraction of sp³-hybridized carbons (Fsp3) is 0.444. The first kappa shape index (κ1) is 12.0. The summed E-state index contributed by atoms with van der Waals surface area (Å²) < 4.78 is 0. The Morgan fingerprint density at radius 2 is 1.54 bits per heavy atom. The summed E-state index contributed by atoms with van der Waals surface area (Å²) in [5.74, 6) is 0. The van der Waals surface area contributed by atoms with E-state index < -0.39 is 0 Å². The van der Waals surface area contributed by atoms with E-state index in [2.05, 4.69) is 4.98 Å². The fourth-order valence-corrected chi connectivity index (χ4v) is 1.03. The molecule has 0 aliphatic heterocycles. The Kier molecular flexibility index (Phi) is 4.56. The first-order valence-corrected chi connectivity index (χ1v) is 4.59. The van der Waals surface area contributed by atoms with Crippen LogP contribution >= 0.6 is 11.6 Å². The lowest BCUT2D eigenvalue weighted by Crippen LogP contribution is -2.02. The highest BCUT2D eigenvalue weighted by atomic mass is 35.5. The highest BCUT2D eigenvalue weighted by Crippen LogP contribution is 2.27. The molecule has 0 aliphatic rings. The molecule has 13 heavy (non-hydrogen) atoms. The van der Waals surface area contributed by atoms with Crippen molar-refractivity contribution in [2.75, 3.05) is 11.5 Å². The van der Waals surface area contributed by atoms with Crippen molar-refractivity contribution in [1.29, 1.82) is 0 Å². The quantitative estimate of drug-likeness (QED) is 0.634. The molecule has 0 radical (unpaired) electrons. The second kappa shape index (κ2) is 4.92. The van der Waals surface area contributed by atoms with Gasteiger partial charge in [-0.3, -0.25) is 0 Å². The molecule has 0 amide bonds. The van der Waals surface area contributed by atoms with Crippen LogP contribution in [0, 0.1) is 13.8 Å². The molecule has 0 saturated carbocycles. The summed E-state index contributed by atoms with van der Waals surface area (Å²) in [5, 5.41) is 0.283. The van der Waals surface area contributed by atoms with Crippen LogP contribution in [0.3, 0.4) is 0 Å². The second-order valence-electron chi connectivity index (χ2n) is 2.44. The van der Waals surface area contributed by atoms with Gasteiger partial charge in [0.1, 0.15) is 0 Å². The number of nitrogens with zero attached hydrogens (tertiary/aromatic N) is 1. The summed E-state index contributed by atoms with van der Waals surface area (Å²) in [6.45, 7) is 7.71. The van der Waals surface area contributed by atoms with Crippen LogP contribution in [0.5, 0.6) is 0 Å². The van der Waals surface area contributed by atoms with Crippen molar-refractivity contribution in [3.63, 3.8) is 0 Å². The van der Waals surface area contributed by atoms with E-state index in [1.54, 1.807) is 0 Å². The van der Waals surface area contributed by atoms with Gasteiger partial charge in [-0.05, 0) is 19.4 Å². The zero-order chi connectivity index (χ0) is 10.6. The molecule has 0 aromatic carbocycles. The van der Waals surface area contributed by atoms with E-state index in [9.17, 15) is 0 Å². The summed E-state index contributed by atoms with van der Waals surface area (Å²) in [7, 11) is 0. The highest BCUT2D eigenvalue weighted by Gasteiger charge is 2.07. The predicted molar refractivity (Wildman–Crippen MR) is 58.9 cm³/mol. The van der Waals surface area contributed by atoms with Gasteiger partial charge in [-0.1, -0.05) is 25.4 Å². The zero-order valence-electron chi connectivity index (χ0n) is 8.48. The minimum Gasteiger partial charge on any atom is -0.397 e. The molecule has 1 aromatic rings. The number of aromatic nitrogens is 1. The van der Waals surface area contributed by atoms with Gasteiger partial charge in [0.05, 0.1) is 11.4 Å². The third-order valence-corrected chi connectivity index (χ3v) is 2.01. The molecule has 0 fully saturated rings. The van der Waals surface area contributed by atoms with Gasteiger partial charge in [0, 0.05) is 5.69 Å². The topological polar surface area (TPSA) is 64.9 Å². The number of pyridine rings is 1. The third kappa shape index (κ3) is 2.49. The first-order valence-electron chi connectivity index (χ1n) is 4.21. The number of rotatable bonds is 0. The number of hydrogen-bond donors (Lipinski definition) is 2. The molecular formula is C9H16ClN3. The van der Waals surface area contributed by atoms with Crippen LogP contribution in [-0.2, 0) is 0 Å². The van der Waals surface area contributed by atoms with Gasteiger partial charge in [0.2, 0.25) is 0 Å². The molecule has 1 aromatic heterocycles. The van der Waals surface area contributed by atoms with Gasteiger partial charge < -0.3 is 11.5 Å². The average Bonchev–Trinajstić information content (AvgIpc) is 2.15. The molecule has 1 heterocycles. The van der Waals surface area contributed by atoms with E-state index in [-0.39, 0.29) is 5.15 Å². The van der Waals surface area contributed by atoms with Crippen molar-refractivity contribution in [3.8, 4) is 0 Å². The minimum absolute atomic E-state index is 0.283. The van der Waals surface area contributed by atoms with Crippen LogP contribution in [0.1, 0.15) is 25.1 Å². The van der Waals surface area contributed by atoms with Gasteiger partial charge in [-0.15, -0.1) is 0 Å². The van der Waals surface area contributed by atoms with E-state index in [0.717, 1.165) is 11.3 Å². The standard InChI is InChI=1S/C7H10ClN3.C2H6/c1-3-4(2)11-7(8)6(10)5(3)9;1-2/h10H2,1-2H3,(H2,9,11);1-2H3. The number of nitrogens with two attached hydrogens (primary N) is 2. The number of nitrogen functional groups attached to an aromatic ring is 2. The molecule has 0 atom stereocenters. The molecule has 0 unspecified atom stereocenters. The van der Waals surface area contributed by atoms with Crippen LogP contribution in [0.2, 0.25) is 5.15 Å². The molecule has 0 saturated heterocycles. The average molecular weight is 202 g/mol. The van der Waals surface area contributed by atoms with E-state index in [1.165, 1.54) is 0 Å². The van der Waals surface area contributed by atoms with Crippen molar-refractivity contribution < 1.29 is 0 Å². The zero-order valence-corrected chi connectivity index (χ0v) is 9.24. The lowest BCUT2D eigenvalue weighted by atomic mass is 10.2. The molecular weight excluding hydrogens is 186 g/mol. The van der Waals surface area contributed by atoms with E-state index >= 15 is 0 Å². The van der Waals surface area contributed by atoms with E-state index in [0.29, 0.717) is 11.4 Å². The molecule has 1 rings (SSSR count). The minimum atomic E-state index is 0.283. The normalized spacial score (nSPS) is 9.00. The van der Waals surface area contributed by atoms with Crippen LogP contribution < -0.4 is 11.5 Å². The highest BCUT2D eigenvalue weighted by molar-refractivity contribution is 6.32. The van der Waals surface area contributed by atoms with Crippen LogP contribution in [0.4, 0.5) is 11.4 Å². The van der Waals surface area contributed by atoms with E-state index in [4.69, 9.17) is 23.1 Å². The Morgan fingerprint density at radius 1 is 1.08 bits per heavy atom. The van der Waals surface area contributed by atoms with Crippen molar-refractivity contribution in [3.05, 3.63) is 16.4 Å². The number of aryl methyl sites for hydroxylation is 1. The summed E-state index contributed by atoms with van der Waals surface area (Å²) >= 11 is 5.68.